The Bertz CT molecular complexity index is 1330. The number of nitrogens with zero attached hydrogens (tertiary/aromatic N) is 1. The van der Waals surface area contributed by atoms with E-state index in [2.05, 4.69) is 5.32 Å². The second kappa shape index (κ2) is 13.7. The minimum Gasteiger partial charge on any atom is -0.497 e. The van der Waals surface area contributed by atoms with Crippen LogP contribution < -0.4 is 19.5 Å². The van der Waals surface area contributed by atoms with Crippen LogP contribution in [-0.2, 0) is 22.7 Å². The highest BCUT2D eigenvalue weighted by Crippen LogP contribution is 2.25. The molecule has 1 atom stereocenters. The number of para-hydroxylation sites is 1. The number of carbonyl (C=O) groups excluding carboxylic acids is 2. The van der Waals surface area contributed by atoms with Crippen molar-refractivity contribution in [3.05, 3.63) is 126 Å². The highest BCUT2D eigenvalue weighted by Gasteiger charge is 2.31. The van der Waals surface area contributed by atoms with Gasteiger partial charge in [-0.3, -0.25) is 9.59 Å². The van der Waals surface area contributed by atoms with Gasteiger partial charge in [-0.25, -0.2) is 0 Å². The first-order valence-electron chi connectivity index (χ1n) is 12.6. The summed E-state index contributed by atoms with van der Waals surface area (Å²) in [5.41, 5.74) is 2.47. The van der Waals surface area contributed by atoms with E-state index in [9.17, 15) is 9.59 Å². The van der Waals surface area contributed by atoms with Gasteiger partial charge < -0.3 is 24.4 Å². The fourth-order valence-corrected chi connectivity index (χ4v) is 4.13. The summed E-state index contributed by atoms with van der Waals surface area (Å²) in [5.74, 6) is 1.42. The molecule has 0 aliphatic rings. The molecule has 7 heteroatoms. The molecule has 0 saturated carbocycles. The first-order valence-corrected chi connectivity index (χ1v) is 12.6. The monoisotopic (exact) mass is 524 g/mol. The second-order valence-electron chi connectivity index (χ2n) is 8.85. The number of benzene rings is 4. The predicted molar refractivity (Wildman–Crippen MR) is 150 cm³/mol. The van der Waals surface area contributed by atoms with Crippen molar-refractivity contribution >= 4 is 11.8 Å². The van der Waals surface area contributed by atoms with E-state index in [1.54, 1.807) is 31.3 Å². The lowest BCUT2D eigenvalue weighted by Crippen LogP contribution is -2.45. The van der Waals surface area contributed by atoms with E-state index in [-0.39, 0.29) is 25.0 Å². The predicted octanol–water partition coefficient (Wildman–Crippen LogP) is 5.17. The van der Waals surface area contributed by atoms with E-state index in [0.717, 1.165) is 16.9 Å². The molecule has 4 rings (SSSR count). The molecule has 1 N–H and O–H groups in total. The molecule has 0 radical (unpaired) electrons. The summed E-state index contributed by atoms with van der Waals surface area (Å²) in [6.45, 7) is 0.295. The SMILES string of the molecule is COc1ccc(CNC(=O)C(c2ccccc2)N(Cc2ccc(OC)cc2)C(=O)COc2ccccc2)cc1. The summed E-state index contributed by atoms with van der Waals surface area (Å²) in [4.78, 5) is 29.0. The van der Waals surface area contributed by atoms with Gasteiger partial charge >= 0.3 is 0 Å². The van der Waals surface area contributed by atoms with Gasteiger partial charge in [0.1, 0.15) is 23.3 Å². The molecule has 0 saturated heterocycles. The van der Waals surface area contributed by atoms with Gasteiger partial charge in [-0.05, 0) is 53.1 Å². The van der Waals surface area contributed by atoms with E-state index in [1.807, 2.05) is 97.1 Å². The number of hydrogen-bond acceptors (Lipinski definition) is 5. The fraction of sp³-hybridized carbons (Fsp3) is 0.188. The number of amides is 2. The number of rotatable bonds is 12. The summed E-state index contributed by atoms with van der Waals surface area (Å²) in [5, 5.41) is 3.01. The Morgan fingerprint density at radius 1 is 0.692 bits per heavy atom. The van der Waals surface area contributed by atoms with Crippen LogP contribution in [0.5, 0.6) is 17.2 Å². The first-order chi connectivity index (χ1) is 19.1. The molecule has 7 nitrogen and oxygen atoms in total. The fourth-order valence-electron chi connectivity index (χ4n) is 4.13. The van der Waals surface area contributed by atoms with Crippen LogP contribution >= 0.6 is 0 Å². The van der Waals surface area contributed by atoms with Crippen LogP contribution in [-0.4, -0.2) is 37.5 Å². The summed E-state index contributed by atoms with van der Waals surface area (Å²) in [7, 11) is 3.21. The Morgan fingerprint density at radius 2 is 1.23 bits per heavy atom. The third kappa shape index (κ3) is 7.61. The van der Waals surface area contributed by atoms with Crippen molar-refractivity contribution in [1.82, 2.24) is 10.2 Å². The molecular formula is C32H32N2O5. The van der Waals surface area contributed by atoms with Crippen LogP contribution in [0.4, 0.5) is 0 Å². The Balaban J connectivity index is 1.61. The Hall–Kier alpha value is -4.78. The molecular weight excluding hydrogens is 492 g/mol. The maximum atomic E-state index is 13.8. The van der Waals surface area contributed by atoms with Crippen molar-refractivity contribution in [3.8, 4) is 17.2 Å². The van der Waals surface area contributed by atoms with Gasteiger partial charge in [-0.2, -0.15) is 0 Å². The number of carbonyl (C=O) groups is 2. The van der Waals surface area contributed by atoms with Gasteiger partial charge in [0.15, 0.2) is 6.61 Å². The molecule has 0 aromatic heterocycles. The lowest BCUT2D eigenvalue weighted by Gasteiger charge is -2.31. The Kier molecular flexibility index (Phi) is 9.56. The highest BCUT2D eigenvalue weighted by atomic mass is 16.5. The van der Waals surface area contributed by atoms with Gasteiger partial charge in [-0.1, -0.05) is 72.8 Å². The molecule has 0 spiro atoms. The topological polar surface area (TPSA) is 77.1 Å². The Labute approximate surface area is 228 Å². The molecule has 0 fully saturated rings. The van der Waals surface area contributed by atoms with Gasteiger partial charge in [0.25, 0.3) is 5.91 Å². The van der Waals surface area contributed by atoms with Gasteiger partial charge in [0.05, 0.1) is 14.2 Å². The van der Waals surface area contributed by atoms with Crippen molar-refractivity contribution in [2.75, 3.05) is 20.8 Å². The number of methoxy groups -OCH3 is 2. The quantitative estimate of drug-likeness (QED) is 0.277. The van der Waals surface area contributed by atoms with Crippen LogP contribution in [0.3, 0.4) is 0 Å². The zero-order chi connectivity index (χ0) is 27.5. The normalized spacial score (nSPS) is 11.2. The second-order valence-corrected chi connectivity index (χ2v) is 8.85. The minimum absolute atomic E-state index is 0.205. The highest BCUT2D eigenvalue weighted by molar-refractivity contribution is 5.89. The molecule has 1 unspecified atom stereocenters. The van der Waals surface area contributed by atoms with E-state index in [4.69, 9.17) is 14.2 Å². The van der Waals surface area contributed by atoms with E-state index in [0.29, 0.717) is 23.6 Å². The minimum atomic E-state index is -0.876. The summed E-state index contributed by atoms with van der Waals surface area (Å²) in [6.07, 6.45) is 0. The third-order valence-electron chi connectivity index (χ3n) is 6.24. The molecule has 0 heterocycles. The molecule has 200 valence electrons. The first kappa shape index (κ1) is 27.3. The zero-order valence-corrected chi connectivity index (χ0v) is 22.1. The average Bonchev–Trinajstić information content (AvgIpc) is 3.00. The number of ether oxygens (including phenoxy) is 3. The molecule has 4 aromatic rings. The summed E-state index contributed by atoms with van der Waals surface area (Å²) < 4.78 is 16.3. The van der Waals surface area contributed by atoms with Crippen LogP contribution in [0.1, 0.15) is 22.7 Å². The molecule has 0 bridgehead atoms. The maximum Gasteiger partial charge on any atom is 0.261 e. The smallest absolute Gasteiger partial charge is 0.261 e. The Morgan fingerprint density at radius 3 is 1.79 bits per heavy atom. The van der Waals surface area contributed by atoms with Crippen LogP contribution in [0.15, 0.2) is 109 Å². The zero-order valence-electron chi connectivity index (χ0n) is 22.1. The third-order valence-corrected chi connectivity index (χ3v) is 6.24. The average molecular weight is 525 g/mol. The van der Waals surface area contributed by atoms with Crippen LogP contribution in [0, 0.1) is 0 Å². The molecule has 0 aliphatic heterocycles. The van der Waals surface area contributed by atoms with Crippen molar-refractivity contribution in [2.24, 2.45) is 0 Å². The largest absolute Gasteiger partial charge is 0.497 e. The van der Waals surface area contributed by atoms with Crippen molar-refractivity contribution < 1.29 is 23.8 Å². The number of hydrogen-bond donors (Lipinski definition) is 1. The van der Waals surface area contributed by atoms with Gasteiger partial charge in [0, 0.05) is 13.1 Å². The van der Waals surface area contributed by atoms with Crippen molar-refractivity contribution in [2.45, 2.75) is 19.1 Å². The molecule has 4 aromatic carbocycles. The van der Waals surface area contributed by atoms with E-state index in [1.165, 1.54) is 0 Å². The van der Waals surface area contributed by atoms with Crippen molar-refractivity contribution in [1.29, 1.82) is 0 Å². The lowest BCUT2D eigenvalue weighted by molar-refractivity contribution is -0.143. The van der Waals surface area contributed by atoms with E-state index < -0.39 is 6.04 Å². The van der Waals surface area contributed by atoms with Crippen LogP contribution in [0.25, 0.3) is 0 Å². The van der Waals surface area contributed by atoms with Crippen LogP contribution in [0.2, 0.25) is 0 Å². The van der Waals surface area contributed by atoms with Gasteiger partial charge in [0.2, 0.25) is 5.91 Å². The van der Waals surface area contributed by atoms with Crippen molar-refractivity contribution in [3.63, 3.8) is 0 Å². The molecule has 2 amide bonds. The lowest BCUT2D eigenvalue weighted by atomic mass is 10.0. The summed E-state index contributed by atoms with van der Waals surface area (Å²) in [6, 6.07) is 32.5. The summed E-state index contributed by atoms with van der Waals surface area (Å²) >= 11 is 0. The maximum absolute atomic E-state index is 13.8. The number of nitrogens with one attached hydrogen (secondary N) is 1. The standard InChI is InChI=1S/C32H32N2O5/c1-37-27-17-13-24(14-18-27)21-33-32(36)31(26-9-5-3-6-10-26)34(22-25-15-19-28(38-2)20-16-25)30(35)23-39-29-11-7-4-8-12-29/h3-20,31H,21-23H2,1-2H3,(H,33,36). The molecule has 39 heavy (non-hydrogen) atoms. The van der Waals surface area contributed by atoms with Gasteiger partial charge in [-0.15, -0.1) is 0 Å². The molecule has 0 aliphatic carbocycles. The van der Waals surface area contributed by atoms with E-state index >= 15 is 0 Å².